The Morgan fingerprint density at radius 3 is 2.64 bits per heavy atom. The van der Waals surface area contributed by atoms with Crippen molar-refractivity contribution in [2.75, 3.05) is 46.9 Å². The highest BCUT2D eigenvalue weighted by atomic mass is 16.5. The summed E-state index contributed by atoms with van der Waals surface area (Å²) < 4.78 is 12.1. The molecule has 5 heteroatoms. The maximum absolute atomic E-state index is 10.1. The van der Waals surface area contributed by atoms with Crippen molar-refractivity contribution in [2.45, 2.75) is 64.8 Å². The van der Waals surface area contributed by atoms with E-state index in [4.69, 9.17) is 9.47 Å². The molecule has 3 fully saturated rings. The number of aromatic hydroxyl groups is 1. The third-order valence-corrected chi connectivity index (χ3v) is 11.2. The lowest BCUT2D eigenvalue weighted by atomic mass is 9.51. The zero-order valence-electron chi connectivity index (χ0n) is 24.5. The molecule has 5 nitrogen and oxygen atoms in total. The van der Waals surface area contributed by atoms with Gasteiger partial charge in [0.15, 0.2) is 0 Å². The van der Waals surface area contributed by atoms with Crippen LogP contribution in [-0.2, 0) is 13.0 Å². The average molecular weight is 533 g/mol. The number of hydrogen-bond acceptors (Lipinski definition) is 5. The molecule has 6 atom stereocenters. The fraction of sp³-hybridized carbons (Fsp3) is 0.647. The predicted molar refractivity (Wildman–Crippen MR) is 157 cm³/mol. The van der Waals surface area contributed by atoms with Gasteiger partial charge < -0.3 is 19.5 Å². The Hall–Kier alpha value is -2.24. The highest BCUT2D eigenvalue weighted by Gasteiger charge is 2.55. The first-order valence-corrected chi connectivity index (χ1v) is 15.4. The fourth-order valence-corrected chi connectivity index (χ4v) is 9.06. The Morgan fingerprint density at radius 2 is 1.85 bits per heavy atom. The summed E-state index contributed by atoms with van der Waals surface area (Å²) in [6.45, 7) is 11.2. The number of likely N-dealkylation sites (N-methyl/N-ethyl adjacent to an activating group) is 1. The maximum Gasteiger partial charge on any atom is 0.127 e. The Bertz CT molecular complexity index is 1160. The van der Waals surface area contributed by atoms with Gasteiger partial charge in [0.1, 0.15) is 17.2 Å². The van der Waals surface area contributed by atoms with Crippen LogP contribution in [0.15, 0.2) is 36.4 Å². The Labute approximate surface area is 235 Å². The van der Waals surface area contributed by atoms with Gasteiger partial charge in [0.25, 0.3) is 0 Å². The lowest BCUT2D eigenvalue weighted by Gasteiger charge is -2.53. The van der Waals surface area contributed by atoms with Crippen molar-refractivity contribution in [3.8, 4) is 17.2 Å². The molecule has 0 amide bonds. The molecule has 1 saturated heterocycles. The van der Waals surface area contributed by atoms with Crippen LogP contribution in [0, 0.1) is 29.1 Å². The number of hydrogen-bond donors (Lipinski definition) is 1. The van der Waals surface area contributed by atoms with Gasteiger partial charge in [0, 0.05) is 44.4 Å². The van der Waals surface area contributed by atoms with Gasteiger partial charge in [-0.05, 0) is 110 Å². The smallest absolute Gasteiger partial charge is 0.127 e. The van der Waals surface area contributed by atoms with Gasteiger partial charge in [-0.25, -0.2) is 0 Å². The number of piperazine rings is 1. The first kappa shape index (κ1) is 27.0. The molecule has 3 aliphatic carbocycles. The largest absolute Gasteiger partial charge is 0.508 e. The van der Waals surface area contributed by atoms with E-state index in [1.165, 1.54) is 42.4 Å². The summed E-state index contributed by atoms with van der Waals surface area (Å²) in [5, 5.41) is 10.1. The Kier molecular flexibility index (Phi) is 7.58. The number of phenolic OH excluding ortho intramolecular Hbond substituents is 1. The summed E-state index contributed by atoms with van der Waals surface area (Å²) in [5.41, 5.74) is 4.57. The molecule has 0 aromatic heterocycles. The van der Waals surface area contributed by atoms with Crippen molar-refractivity contribution >= 4 is 0 Å². The molecule has 0 spiro atoms. The minimum atomic E-state index is 0.414. The molecule has 0 bridgehead atoms. The first-order valence-electron chi connectivity index (χ1n) is 15.4. The summed E-state index contributed by atoms with van der Waals surface area (Å²) >= 11 is 0. The van der Waals surface area contributed by atoms with E-state index in [0.717, 1.165) is 81.4 Å². The summed E-state index contributed by atoms with van der Waals surface area (Å²) in [4.78, 5) is 4.91. The normalized spacial score (nSPS) is 32.8. The third kappa shape index (κ3) is 5.17. The molecule has 0 radical (unpaired) electrons. The monoisotopic (exact) mass is 532 g/mol. The van der Waals surface area contributed by atoms with Gasteiger partial charge in [-0.2, -0.15) is 0 Å². The first-order chi connectivity index (χ1) is 18.9. The van der Waals surface area contributed by atoms with Crippen LogP contribution < -0.4 is 9.47 Å². The number of rotatable bonds is 7. The van der Waals surface area contributed by atoms with Crippen LogP contribution in [-0.4, -0.2) is 61.8 Å². The lowest BCUT2D eigenvalue weighted by Crippen LogP contribution is -2.45. The highest BCUT2D eigenvalue weighted by Crippen LogP contribution is 2.64. The van der Waals surface area contributed by atoms with Crippen molar-refractivity contribution in [3.63, 3.8) is 0 Å². The molecule has 1 aliphatic heterocycles. The van der Waals surface area contributed by atoms with Crippen LogP contribution in [0.25, 0.3) is 0 Å². The molecule has 212 valence electrons. The number of phenols is 1. The number of methoxy groups -OCH3 is 1. The van der Waals surface area contributed by atoms with Crippen molar-refractivity contribution in [3.05, 3.63) is 53.1 Å². The number of fused-ring (bicyclic) bond motifs is 5. The quantitative estimate of drug-likeness (QED) is 0.451. The molecule has 6 rings (SSSR count). The second-order valence-electron chi connectivity index (χ2n) is 13.4. The molecule has 2 aromatic rings. The standard InChI is InChI=1S/C34H48N2O3/c1-23-19-25-20-27(37)7-9-29(25)30-11-13-34(2)26(6-10-31(34)33(23)30)12-18-39-28-8-5-24(32(21-28)38-4)22-36-16-14-35(3)15-17-36/h5,7-9,20-21,23,26,30-31,33,37H,6,10-19,22H2,1-4H3/t23-,26-,30-,31+,33-,34-/m1/s1. The second kappa shape index (κ2) is 11.0. The number of benzene rings is 2. The average Bonchev–Trinajstić information content (AvgIpc) is 3.26. The Morgan fingerprint density at radius 1 is 1.03 bits per heavy atom. The van der Waals surface area contributed by atoms with Gasteiger partial charge in [0.05, 0.1) is 13.7 Å². The Balaban J connectivity index is 1.07. The molecule has 39 heavy (non-hydrogen) atoms. The number of nitrogens with zero attached hydrogens (tertiary/aromatic N) is 2. The van der Waals surface area contributed by atoms with Crippen LogP contribution in [0.5, 0.6) is 17.2 Å². The molecule has 1 N–H and O–H groups in total. The topological polar surface area (TPSA) is 45.2 Å². The molecular weight excluding hydrogens is 484 g/mol. The minimum absolute atomic E-state index is 0.414. The summed E-state index contributed by atoms with van der Waals surface area (Å²) in [7, 11) is 3.97. The molecule has 0 unspecified atom stereocenters. The van der Waals surface area contributed by atoms with Gasteiger partial charge in [-0.1, -0.05) is 26.0 Å². The van der Waals surface area contributed by atoms with Crippen LogP contribution in [0.4, 0.5) is 0 Å². The SMILES string of the molecule is COc1cc(OCC[C@H]2CC[C@H]3[C@@H]4[C@H](C)Cc5cc(O)ccc5[C@H]4CC[C@]23C)ccc1CN1CCN(C)CC1. The molecule has 4 aliphatic rings. The van der Waals surface area contributed by atoms with Crippen molar-refractivity contribution < 1.29 is 14.6 Å². The summed E-state index contributed by atoms with van der Waals surface area (Å²) in [6, 6.07) is 12.6. The number of ether oxygens (including phenoxy) is 2. The molecule has 1 heterocycles. The van der Waals surface area contributed by atoms with E-state index in [-0.39, 0.29) is 0 Å². The van der Waals surface area contributed by atoms with E-state index >= 15 is 0 Å². The van der Waals surface area contributed by atoms with E-state index in [1.54, 1.807) is 7.11 Å². The van der Waals surface area contributed by atoms with E-state index in [0.29, 0.717) is 23.0 Å². The van der Waals surface area contributed by atoms with Crippen molar-refractivity contribution in [1.82, 2.24) is 9.80 Å². The van der Waals surface area contributed by atoms with Gasteiger partial charge in [-0.3, -0.25) is 4.90 Å². The fourth-order valence-electron chi connectivity index (χ4n) is 9.06. The third-order valence-electron chi connectivity index (χ3n) is 11.2. The minimum Gasteiger partial charge on any atom is -0.508 e. The maximum atomic E-state index is 10.1. The second-order valence-corrected chi connectivity index (χ2v) is 13.4. The lowest BCUT2D eigenvalue weighted by molar-refractivity contribution is 0.000913. The molecular formula is C34H48N2O3. The van der Waals surface area contributed by atoms with Gasteiger partial charge in [-0.15, -0.1) is 0 Å². The van der Waals surface area contributed by atoms with E-state index in [1.807, 2.05) is 12.1 Å². The zero-order valence-corrected chi connectivity index (χ0v) is 24.5. The summed E-state index contributed by atoms with van der Waals surface area (Å²) in [5.74, 6) is 5.93. The van der Waals surface area contributed by atoms with E-state index < -0.39 is 0 Å². The highest BCUT2D eigenvalue weighted by molar-refractivity contribution is 5.41. The van der Waals surface area contributed by atoms with Crippen LogP contribution in [0.1, 0.15) is 68.6 Å². The summed E-state index contributed by atoms with van der Waals surface area (Å²) in [6.07, 6.45) is 7.52. The van der Waals surface area contributed by atoms with Gasteiger partial charge >= 0.3 is 0 Å². The van der Waals surface area contributed by atoms with Crippen LogP contribution in [0.3, 0.4) is 0 Å². The van der Waals surface area contributed by atoms with Crippen molar-refractivity contribution in [2.24, 2.45) is 29.1 Å². The van der Waals surface area contributed by atoms with Gasteiger partial charge in [0.2, 0.25) is 0 Å². The predicted octanol–water partition coefficient (Wildman–Crippen LogP) is 6.34. The molecule has 2 aromatic carbocycles. The van der Waals surface area contributed by atoms with Crippen LogP contribution >= 0.6 is 0 Å². The van der Waals surface area contributed by atoms with Crippen LogP contribution in [0.2, 0.25) is 0 Å². The van der Waals surface area contributed by atoms with Crippen molar-refractivity contribution in [1.29, 1.82) is 0 Å². The van der Waals surface area contributed by atoms with E-state index in [9.17, 15) is 5.11 Å². The van der Waals surface area contributed by atoms with E-state index in [2.05, 4.69) is 55.0 Å². The molecule has 2 saturated carbocycles. The zero-order chi connectivity index (χ0) is 27.1.